The lowest BCUT2D eigenvalue weighted by Crippen LogP contribution is -2.22. The minimum Gasteiger partial charge on any atom is -0.453 e. The number of amides is 2. The van der Waals surface area contributed by atoms with Gasteiger partial charge in [-0.05, 0) is 36.6 Å². The number of hydrogen-bond donors (Lipinski definition) is 1. The van der Waals surface area contributed by atoms with Crippen molar-refractivity contribution in [1.82, 2.24) is 14.7 Å². The Labute approximate surface area is 183 Å². The molecule has 2 heterocycles. The van der Waals surface area contributed by atoms with Gasteiger partial charge in [-0.2, -0.15) is 5.10 Å². The van der Waals surface area contributed by atoms with Crippen LogP contribution in [0.15, 0.2) is 30.3 Å². The molecule has 1 saturated heterocycles. The molecule has 9 heteroatoms. The molecule has 32 heavy (non-hydrogen) atoms. The second kappa shape index (κ2) is 8.22. The summed E-state index contributed by atoms with van der Waals surface area (Å²) in [4.78, 5) is 26.5. The van der Waals surface area contributed by atoms with E-state index in [9.17, 15) is 18.4 Å². The van der Waals surface area contributed by atoms with Crippen molar-refractivity contribution in [3.05, 3.63) is 53.2 Å². The van der Waals surface area contributed by atoms with Crippen molar-refractivity contribution < 1.29 is 23.1 Å². The first kappa shape index (κ1) is 21.7. The highest BCUT2D eigenvalue weighted by Crippen LogP contribution is 2.37. The highest BCUT2D eigenvalue weighted by molar-refractivity contribution is 6.01. The number of ether oxygens (including phenoxy) is 1. The van der Waals surface area contributed by atoms with Crippen LogP contribution in [0.1, 0.15) is 42.2 Å². The monoisotopic (exact) mass is 442 g/mol. The minimum absolute atomic E-state index is 0.0136. The molecule has 1 aliphatic rings. The van der Waals surface area contributed by atoms with Gasteiger partial charge in [0.15, 0.2) is 11.6 Å². The van der Waals surface area contributed by atoms with Crippen molar-refractivity contribution in [3.63, 3.8) is 0 Å². The number of rotatable bonds is 6. The summed E-state index contributed by atoms with van der Waals surface area (Å²) in [5.41, 5.74) is 6.83. The van der Waals surface area contributed by atoms with Gasteiger partial charge in [0, 0.05) is 31.6 Å². The van der Waals surface area contributed by atoms with Crippen LogP contribution in [0.3, 0.4) is 0 Å². The Morgan fingerprint density at radius 3 is 2.59 bits per heavy atom. The summed E-state index contributed by atoms with van der Waals surface area (Å²) in [6, 6.07) is 5.99. The smallest absolute Gasteiger partial charge is 0.252 e. The molecular formula is C23H24F2N4O3. The molecule has 0 aliphatic carbocycles. The number of nitrogens with zero attached hydrogens (tertiary/aromatic N) is 3. The van der Waals surface area contributed by atoms with E-state index in [1.54, 1.807) is 28.8 Å². The minimum atomic E-state index is -0.913. The first-order chi connectivity index (χ1) is 15.2. The number of likely N-dealkylation sites (tertiary alicyclic amines) is 1. The van der Waals surface area contributed by atoms with E-state index in [1.165, 1.54) is 0 Å². The quantitative estimate of drug-likeness (QED) is 0.629. The number of fused-ring (bicyclic) bond motifs is 1. The second-order valence-corrected chi connectivity index (χ2v) is 8.47. The average molecular weight is 442 g/mol. The SMILES string of the molecule is CC(C)Cn1nc([C@@H]2CCN(C)C2=O)c2cc(Oc3ccc(F)cc3F)c(C(N)=O)cc21. The first-order valence-corrected chi connectivity index (χ1v) is 10.4. The van der Waals surface area contributed by atoms with Crippen molar-refractivity contribution in [3.8, 4) is 11.5 Å². The van der Waals surface area contributed by atoms with Gasteiger partial charge in [-0.3, -0.25) is 14.3 Å². The molecular weight excluding hydrogens is 418 g/mol. The Kier molecular flexibility index (Phi) is 5.58. The van der Waals surface area contributed by atoms with Gasteiger partial charge in [-0.1, -0.05) is 13.8 Å². The van der Waals surface area contributed by atoms with E-state index < -0.39 is 23.5 Å². The van der Waals surface area contributed by atoms with Gasteiger partial charge in [0.2, 0.25) is 5.91 Å². The summed E-state index contributed by atoms with van der Waals surface area (Å²) in [7, 11) is 1.74. The van der Waals surface area contributed by atoms with Crippen molar-refractivity contribution in [2.24, 2.45) is 11.7 Å². The highest BCUT2D eigenvalue weighted by atomic mass is 19.1. The number of benzene rings is 2. The summed E-state index contributed by atoms with van der Waals surface area (Å²) in [5.74, 6) is -2.86. The molecule has 0 spiro atoms. The second-order valence-electron chi connectivity index (χ2n) is 8.47. The Balaban J connectivity index is 1.90. The first-order valence-electron chi connectivity index (χ1n) is 10.4. The lowest BCUT2D eigenvalue weighted by Gasteiger charge is -2.12. The summed E-state index contributed by atoms with van der Waals surface area (Å²) < 4.78 is 34.9. The molecule has 1 aliphatic heterocycles. The third-order valence-corrected chi connectivity index (χ3v) is 5.56. The normalized spacial score (nSPS) is 16.4. The molecule has 2 amide bonds. The van der Waals surface area contributed by atoms with E-state index >= 15 is 0 Å². The van der Waals surface area contributed by atoms with Gasteiger partial charge in [0.25, 0.3) is 5.91 Å². The summed E-state index contributed by atoms with van der Waals surface area (Å²) in [6.45, 7) is 5.25. The zero-order chi connectivity index (χ0) is 23.2. The van der Waals surface area contributed by atoms with E-state index in [-0.39, 0.29) is 28.9 Å². The Bertz CT molecular complexity index is 1220. The van der Waals surface area contributed by atoms with E-state index in [1.807, 2.05) is 13.8 Å². The zero-order valence-electron chi connectivity index (χ0n) is 18.1. The number of primary amides is 1. The molecule has 3 aromatic rings. The highest BCUT2D eigenvalue weighted by Gasteiger charge is 2.34. The molecule has 1 atom stereocenters. The number of likely N-dealkylation sites (N-methyl/N-ethyl adjacent to an activating group) is 1. The molecule has 2 aromatic carbocycles. The van der Waals surface area contributed by atoms with Crippen LogP contribution in [0, 0.1) is 17.6 Å². The van der Waals surface area contributed by atoms with Crippen LogP contribution in [-0.4, -0.2) is 40.1 Å². The van der Waals surface area contributed by atoms with Gasteiger partial charge >= 0.3 is 0 Å². The van der Waals surface area contributed by atoms with Crippen LogP contribution in [-0.2, 0) is 11.3 Å². The summed E-state index contributed by atoms with van der Waals surface area (Å²) >= 11 is 0. The zero-order valence-corrected chi connectivity index (χ0v) is 18.1. The van der Waals surface area contributed by atoms with Gasteiger partial charge in [0.1, 0.15) is 11.6 Å². The van der Waals surface area contributed by atoms with Crippen molar-refractivity contribution in [1.29, 1.82) is 0 Å². The Morgan fingerprint density at radius 2 is 2.00 bits per heavy atom. The van der Waals surface area contributed by atoms with Crippen LogP contribution >= 0.6 is 0 Å². The molecule has 2 N–H and O–H groups in total. The lowest BCUT2D eigenvalue weighted by atomic mass is 9.99. The lowest BCUT2D eigenvalue weighted by molar-refractivity contribution is -0.127. The number of halogens is 2. The fourth-order valence-corrected chi connectivity index (χ4v) is 4.00. The van der Waals surface area contributed by atoms with Gasteiger partial charge in [-0.25, -0.2) is 8.78 Å². The summed E-state index contributed by atoms with van der Waals surface area (Å²) in [5, 5.41) is 5.34. The fraction of sp³-hybridized carbons (Fsp3) is 0.348. The van der Waals surface area contributed by atoms with Gasteiger partial charge in [-0.15, -0.1) is 0 Å². The van der Waals surface area contributed by atoms with Crippen molar-refractivity contribution in [2.45, 2.75) is 32.7 Å². The Morgan fingerprint density at radius 1 is 1.25 bits per heavy atom. The largest absolute Gasteiger partial charge is 0.453 e. The molecule has 1 aromatic heterocycles. The Hall–Kier alpha value is -3.49. The van der Waals surface area contributed by atoms with Crippen LogP contribution in [0.5, 0.6) is 11.5 Å². The number of nitrogens with two attached hydrogens (primary N) is 1. The maximum absolute atomic E-state index is 14.2. The molecule has 0 bridgehead atoms. The average Bonchev–Trinajstić information content (AvgIpc) is 3.22. The molecule has 4 rings (SSSR count). The van der Waals surface area contributed by atoms with E-state index in [2.05, 4.69) is 0 Å². The maximum Gasteiger partial charge on any atom is 0.252 e. The third-order valence-electron chi connectivity index (χ3n) is 5.56. The molecule has 0 saturated carbocycles. The van der Waals surface area contributed by atoms with Gasteiger partial charge < -0.3 is 15.4 Å². The van der Waals surface area contributed by atoms with Crippen LogP contribution in [0.25, 0.3) is 10.9 Å². The van der Waals surface area contributed by atoms with E-state index in [0.717, 1.165) is 12.1 Å². The molecule has 7 nitrogen and oxygen atoms in total. The number of carbonyl (C=O) groups is 2. The van der Waals surface area contributed by atoms with Gasteiger partial charge in [0.05, 0.1) is 22.7 Å². The molecule has 1 fully saturated rings. The van der Waals surface area contributed by atoms with Crippen LogP contribution in [0.4, 0.5) is 8.78 Å². The standard InChI is InChI=1S/C23H24F2N4O3/c1-12(2)11-29-18-9-16(22(26)30)20(32-19-5-4-13(24)8-17(19)25)10-15(18)21(27-29)14-6-7-28(3)23(14)31/h4-5,8-10,12,14H,6-7,11H2,1-3H3,(H2,26,30)/t14-/m0/s1. The topological polar surface area (TPSA) is 90.4 Å². The van der Waals surface area contributed by atoms with Crippen molar-refractivity contribution in [2.75, 3.05) is 13.6 Å². The van der Waals surface area contributed by atoms with Crippen molar-refractivity contribution >= 4 is 22.7 Å². The number of aromatic nitrogens is 2. The van der Waals surface area contributed by atoms with Crippen LogP contribution in [0.2, 0.25) is 0 Å². The van der Waals surface area contributed by atoms with E-state index in [4.69, 9.17) is 15.6 Å². The molecule has 0 unspecified atom stereocenters. The van der Waals surface area contributed by atoms with Crippen LogP contribution < -0.4 is 10.5 Å². The summed E-state index contributed by atoms with van der Waals surface area (Å²) in [6.07, 6.45) is 0.615. The number of hydrogen-bond acceptors (Lipinski definition) is 4. The number of carbonyl (C=O) groups excluding carboxylic acids is 2. The predicted molar refractivity (Wildman–Crippen MR) is 115 cm³/mol. The van der Waals surface area contributed by atoms with E-state index in [0.29, 0.717) is 42.2 Å². The fourth-order valence-electron chi connectivity index (χ4n) is 4.00. The molecule has 168 valence electrons. The molecule has 0 radical (unpaired) electrons. The maximum atomic E-state index is 14.2. The third kappa shape index (κ3) is 3.90. The predicted octanol–water partition coefficient (Wildman–Crippen LogP) is 3.81.